The molecule has 4 saturated carbocycles. The minimum atomic E-state index is -0.625. The summed E-state index contributed by atoms with van der Waals surface area (Å²) in [7, 11) is 2.24. The Kier molecular flexibility index (Phi) is 5.70. The van der Waals surface area contributed by atoms with Crippen molar-refractivity contribution < 1.29 is 19.1 Å². The Morgan fingerprint density at radius 2 is 1.81 bits per heavy atom. The molecule has 0 aliphatic heterocycles. The van der Waals surface area contributed by atoms with Crippen LogP contribution in [-0.2, 0) is 9.53 Å². The van der Waals surface area contributed by atoms with Crippen molar-refractivity contribution in [2.24, 2.45) is 28.1 Å². The molecule has 2 bridgehead atoms. The third-order valence-electron chi connectivity index (χ3n) is 11.0. The average molecular weight is 433 g/mol. The van der Waals surface area contributed by atoms with E-state index in [0.717, 1.165) is 81.1 Å². The molecule has 0 unspecified atom stereocenters. The van der Waals surface area contributed by atoms with Gasteiger partial charge in [-0.1, -0.05) is 19.9 Å². The molecule has 0 aromatic heterocycles. The van der Waals surface area contributed by atoms with Crippen LogP contribution in [0.15, 0.2) is 12.2 Å². The highest BCUT2D eigenvalue weighted by molar-refractivity contribution is 5.77. The number of aliphatic hydroxyl groups is 1. The van der Waals surface area contributed by atoms with Gasteiger partial charge >= 0.3 is 5.97 Å². The number of quaternary nitrogens is 1. The molecule has 0 aromatic rings. The van der Waals surface area contributed by atoms with Gasteiger partial charge in [-0.05, 0) is 100 Å². The molecule has 4 aliphatic rings. The van der Waals surface area contributed by atoms with Crippen molar-refractivity contribution in [1.82, 2.24) is 0 Å². The molecular weight excluding hydrogens is 386 g/mol. The van der Waals surface area contributed by atoms with E-state index in [1.807, 2.05) is 0 Å². The van der Waals surface area contributed by atoms with Crippen molar-refractivity contribution in [3.63, 3.8) is 0 Å². The zero-order valence-electron chi connectivity index (χ0n) is 20.8. The molecule has 4 heteroatoms. The van der Waals surface area contributed by atoms with Gasteiger partial charge in [0.05, 0.1) is 31.2 Å². The lowest BCUT2D eigenvalue weighted by atomic mass is 9.41. The largest absolute Gasteiger partial charge is 0.459 e. The molecule has 176 valence electrons. The standard InChI is InChI=1S/C27H46NO3/c1-7-28(6,8-2)16-17-31-23(29)25(5)13-9-12-24(4)21(25)10-14-26-18-20(3)27(30,19-26)15-11-22(24)26/h21-22,30H,3,7-19H2,1-2,4-6H3/q+1/t21-,22-,24+,25+,26+,27-/m0/s1. The summed E-state index contributed by atoms with van der Waals surface area (Å²) in [6, 6.07) is 0. The Labute approximate surface area is 190 Å². The molecule has 4 aliphatic carbocycles. The number of carbonyl (C=O) groups excluding carboxylic acids is 1. The van der Waals surface area contributed by atoms with Crippen LogP contribution >= 0.6 is 0 Å². The second-order valence-corrected chi connectivity index (χ2v) is 12.4. The predicted molar refractivity (Wildman–Crippen MR) is 124 cm³/mol. The number of hydrogen-bond donors (Lipinski definition) is 1. The summed E-state index contributed by atoms with van der Waals surface area (Å²) in [6.45, 7) is 16.9. The number of carbonyl (C=O) groups is 1. The second-order valence-electron chi connectivity index (χ2n) is 12.4. The summed E-state index contributed by atoms with van der Waals surface area (Å²) in [5, 5.41) is 11.1. The summed E-state index contributed by atoms with van der Waals surface area (Å²) >= 11 is 0. The third kappa shape index (κ3) is 3.42. The Morgan fingerprint density at radius 1 is 1.13 bits per heavy atom. The lowest BCUT2D eigenvalue weighted by Gasteiger charge is -2.63. The molecule has 0 amide bonds. The van der Waals surface area contributed by atoms with Crippen LogP contribution in [0.2, 0.25) is 0 Å². The SMILES string of the molecule is C=C1C[C@@]23CC[C@H]4[C@@](C)(CCC[C@@]4(C)C(=O)OCC[N+](C)(CC)CC)[C@@H]2CC[C@]1(O)C3. The van der Waals surface area contributed by atoms with Gasteiger partial charge in [0.2, 0.25) is 0 Å². The van der Waals surface area contributed by atoms with Crippen LogP contribution in [-0.4, -0.2) is 54.4 Å². The first kappa shape index (κ1) is 23.3. The molecule has 4 fully saturated rings. The topological polar surface area (TPSA) is 46.5 Å². The van der Waals surface area contributed by atoms with Gasteiger partial charge in [-0.2, -0.15) is 0 Å². The number of esters is 1. The summed E-state index contributed by atoms with van der Waals surface area (Å²) in [4.78, 5) is 13.5. The first-order chi connectivity index (χ1) is 14.5. The van der Waals surface area contributed by atoms with Crippen LogP contribution in [0.1, 0.15) is 85.5 Å². The van der Waals surface area contributed by atoms with Gasteiger partial charge in [0.25, 0.3) is 0 Å². The predicted octanol–water partition coefficient (Wildman–Crippen LogP) is 5.10. The number of likely N-dealkylation sites (N-methyl/N-ethyl adjacent to an activating group) is 1. The fourth-order valence-corrected chi connectivity index (χ4v) is 8.66. The lowest BCUT2D eigenvalue weighted by molar-refractivity contribution is -0.906. The van der Waals surface area contributed by atoms with E-state index in [-0.39, 0.29) is 22.2 Å². The highest BCUT2D eigenvalue weighted by Crippen LogP contribution is 2.72. The summed E-state index contributed by atoms with van der Waals surface area (Å²) in [6.07, 6.45) is 9.30. The number of nitrogens with zero attached hydrogens (tertiary/aromatic N) is 1. The molecule has 1 N–H and O–H groups in total. The van der Waals surface area contributed by atoms with Crippen LogP contribution in [0.3, 0.4) is 0 Å². The van der Waals surface area contributed by atoms with Crippen LogP contribution < -0.4 is 0 Å². The van der Waals surface area contributed by atoms with Crippen LogP contribution in [0.25, 0.3) is 0 Å². The Balaban J connectivity index is 1.52. The van der Waals surface area contributed by atoms with Crippen molar-refractivity contribution in [3.8, 4) is 0 Å². The fraction of sp³-hybridized carbons (Fsp3) is 0.889. The maximum Gasteiger partial charge on any atom is 0.312 e. The molecular formula is C27H46NO3+. The van der Waals surface area contributed by atoms with E-state index in [2.05, 4.69) is 41.3 Å². The fourth-order valence-electron chi connectivity index (χ4n) is 8.66. The van der Waals surface area contributed by atoms with E-state index in [1.165, 1.54) is 6.42 Å². The van der Waals surface area contributed by atoms with Gasteiger partial charge in [0.15, 0.2) is 0 Å². The zero-order chi connectivity index (χ0) is 22.7. The molecule has 0 radical (unpaired) electrons. The molecule has 0 aromatic carbocycles. The minimum Gasteiger partial charge on any atom is -0.459 e. The van der Waals surface area contributed by atoms with E-state index in [4.69, 9.17) is 4.74 Å². The van der Waals surface area contributed by atoms with Crippen LogP contribution in [0.5, 0.6) is 0 Å². The van der Waals surface area contributed by atoms with Gasteiger partial charge in [-0.15, -0.1) is 0 Å². The van der Waals surface area contributed by atoms with Gasteiger partial charge in [-0.3, -0.25) is 4.79 Å². The van der Waals surface area contributed by atoms with Gasteiger partial charge < -0.3 is 14.3 Å². The Morgan fingerprint density at radius 3 is 2.48 bits per heavy atom. The zero-order valence-corrected chi connectivity index (χ0v) is 20.8. The van der Waals surface area contributed by atoms with Crippen molar-refractivity contribution in [1.29, 1.82) is 0 Å². The first-order valence-electron chi connectivity index (χ1n) is 12.9. The smallest absolute Gasteiger partial charge is 0.312 e. The molecule has 4 rings (SSSR count). The van der Waals surface area contributed by atoms with Crippen molar-refractivity contribution in [2.75, 3.05) is 33.3 Å². The van der Waals surface area contributed by atoms with Gasteiger partial charge in [0, 0.05) is 0 Å². The number of rotatable bonds is 6. The highest BCUT2D eigenvalue weighted by Gasteiger charge is 2.67. The van der Waals surface area contributed by atoms with E-state index in [0.29, 0.717) is 18.4 Å². The summed E-state index contributed by atoms with van der Waals surface area (Å²) in [5.74, 6) is 1.02. The van der Waals surface area contributed by atoms with Crippen molar-refractivity contribution in [2.45, 2.75) is 91.1 Å². The molecule has 0 heterocycles. The maximum absolute atomic E-state index is 13.5. The van der Waals surface area contributed by atoms with Crippen LogP contribution in [0, 0.1) is 28.1 Å². The average Bonchev–Trinajstić information content (AvgIpc) is 2.90. The molecule has 0 saturated heterocycles. The Hall–Kier alpha value is -0.870. The number of ether oxygens (including phenoxy) is 1. The summed E-state index contributed by atoms with van der Waals surface area (Å²) < 4.78 is 6.94. The molecule has 6 atom stereocenters. The Bertz CT molecular complexity index is 745. The van der Waals surface area contributed by atoms with E-state index < -0.39 is 5.60 Å². The van der Waals surface area contributed by atoms with E-state index in [9.17, 15) is 9.90 Å². The second kappa shape index (κ2) is 7.58. The van der Waals surface area contributed by atoms with Gasteiger partial charge in [-0.25, -0.2) is 0 Å². The van der Waals surface area contributed by atoms with E-state index in [1.54, 1.807) is 0 Å². The van der Waals surface area contributed by atoms with Crippen molar-refractivity contribution >= 4 is 5.97 Å². The van der Waals surface area contributed by atoms with Gasteiger partial charge in [0.1, 0.15) is 13.2 Å². The molecule has 1 spiro atoms. The highest BCUT2D eigenvalue weighted by atomic mass is 16.5. The van der Waals surface area contributed by atoms with Crippen LogP contribution in [0.4, 0.5) is 0 Å². The molecule has 31 heavy (non-hydrogen) atoms. The maximum atomic E-state index is 13.5. The first-order valence-corrected chi connectivity index (χ1v) is 12.9. The lowest BCUT2D eigenvalue weighted by Crippen LogP contribution is -2.59. The normalized spacial score (nSPS) is 44.5. The number of hydrogen-bond acceptors (Lipinski definition) is 3. The third-order valence-corrected chi connectivity index (χ3v) is 11.0. The summed E-state index contributed by atoms with van der Waals surface area (Å²) in [5.41, 5.74) is 0.440. The number of fused-ring (bicyclic) bond motifs is 3. The van der Waals surface area contributed by atoms with E-state index >= 15 is 0 Å². The van der Waals surface area contributed by atoms with Crippen molar-refractivity contribution in [3.05, 3.63) is 12.2 Å². The minimum absolute atomic E-state index is 0.0428. The molecule has 4 nitrogen and oxygen atoms in total. The quantitative estimate of drug-likeness (QED) is 0.361. The monoisotopic (exact) mass is 432 g/mol.